The van der Waals surface area contributed by atoms with Crippen LogP contribution in [0.3, 0.4) is 0 Å². The Morgan fingerprint density at radius 3 is 2.50 bits per heavy atom. The van der Waals surface area contributed by atoms with Gasteiger partial charge < -0.3 is 21.9 Å². The summed E-state index contributed by atoms with van der Waals surface area (Å²) >= 11 is 1.48. The summed E-state index contributed by atoms with van der Waals surface area (Å²) in [6.45, 7) is 4.54. The Morgan fingerprint density at radius 1 is 1.27 bits per heavy atom. The number of amidine groups is 1. The molecule has 0 bridgehead atoms. The van der Waals surface area contributed by atoms with Crippen LogP contribution in [0.15, 0.2) is 35.3 Å². The summed E-state index contributed by atoms with van der Waals surface area (Å²) < 4.78 is 0. The average molecular weight is 381 g/mol. The largest absolute Gasteiger partial charge is 0.480 e. The van der Waals surface area contributed by atoms with Crippen molar-refractivity contribution in [3.8, 4) is 0 Å². The Kier molecular flexibility index (Phi) is 9.75. The molecule has 1 aromatic carbocycles. The number of amides is 1. The Morgan fingerprint density at radius 2 is 1.92 bits per heavy atom. The molecule has 6 N–H and O–H groups in total. The van der Waals surface area contributed by atoms with Gasteiger partial charge in [-0.15, -0.1) is 0 Å². The van der Waals surface area contributed by atoms with E-state index in [-0.39, 0.29) is 6.42 Å². The minimum Gasteiger partial charge on any atom is -0.480 e. The lowest BCUT2D eigenvalue weighted by Crippen LogP contribution is -2.49. The predicted octanol–water partition coefficient (Wildman–Crippen LogP) is 1.36. The van der Waals surface area contributed by atoms with Gasteiger partial charge in [0.1, 0.15) is 6.04 Å². The molecule has 0 aromatic heterocycles. The topological polar surface area (TPSA) is 131 Å². The first-order valence-corrected chi connectivity index (χ1v) is 9.46. The van der Waals surface area contributed by atoms with Crippen LogP contribution >= 0.6 is 11.8 Å². The van der Waals surface area contributed by atoms with E-state index in [4.69, 9.17) is 11.5 Å². The van der Waals surface area contributed by atoms with Gasteiger partial charge >= 0.3 is 5.97 Å². The number of nitrogens with one attached hydrogen (secondary N) is 1. The summed E-state index contributed by atoms with van der Waals surface area (Å²) in [6, 6.07) is 7.35. The summed E-state index contributed by atoms with van der Waals surface area (Å²) in [5, 5.41) is 12.7. The van der Waals surface area contributed by atoms with E-state index in [0.717, 1.165) is 5.56 Å². The van der Waals surface area contributed by atoms with Crippen molar-refractivity contribution >= 4 is 28.8 Å². The molecule has 0 spiro atoms. The fourth-order valence-electron chi connectivity index (χ4n) is 2.24. The molecule has 7 nitrogen and oxygen atoms in total. The molecule has 0 aliphatic rings. The molecular weight excluding hydrogens is 352 g/mol. The van der Waals surface area contributed by atoms with Crippen LogP contribution in [0, 0.1) is 0 Å². The fraction of sp³-hybridized carbons (Fsp3) is 0.500. The van der Waals surface area contributed by atoms with E-state index in [9.17, 15) is 14.7 Å². The molecule has 0 heterocycles. The van der Waals surface area contributed by atoms with Gasteiger partial charge in [0.15, 0.2) is 5.17 Å². The minimum atomic E-state index is -1.09. The van der Waals surface area contributed by atoms with Crippen molar-refractivity contribution in [2.45, 2.75) is 50.4 Å². The normalized spacial score (nSPS) is 14.1. The van der Waals surface area contributed by atoms with Crippen LogP contribution < -0.4 is 16.8 Å². The van der Waals surface area contributed by atoms with Crippen LogP contribution in [-0.2, 0) is 16.0 Å². The number of carboxylic acid groups (broad SMARTS) is 1. The molecule has 144 valence electrons. The Balaban J connectivity index is 2.44. The van der Waals surface area contributed by atoms with Crippen molar-refractivity contribution in [3.05, 3.63) is 35.9 Å². The average Bonchev–Trinajstić information content (AvgIpc) is 2.58. The monoisotopic (exact) mass is 380 g/mol. The third-order valence-corrected chi connectivity index (χ3v) is 4.37. The van der Waals surface area contributed by atoms with Crippen LogP contribution in [-0.4, -0.2) is 46.0 Å². The summed E-state index contributed by atoms with van der Waals surface area (Å²) in [7, 11) is 0. The summed E-state index contributed by atoms with van der Waals surface area (Å²) in [4.78, 5) is 27.8. The maximum absolute atomic E-state index is 12.2. The number of benzene rings is 1. The molecule has 8 heteroatoms. The summed E-state index contributed by atoms with van der Waals surface area (Å²) in [6.07, 6.45) is 1.22. The second-order valence-electron chi connectivity index (χ2n) is 6.22. The minimum absolute atomic E-state index is 0.210. The molecular formula is C18H28N4O3S. The van der Waals surface area contributed by atoms with Crippen LogP contribution in [0.5, 0.6) is 0 Å². The molecule has 0 aliphatic heterocycles. The van der Waals surface area contributed by atoms with E-state index in [2.05, 4.69) is 10.3 Å². The summed E-state index contributed by atoms with van der Waals surface area (Å²) in [5.74, 6) is -1.56. The maximum atomic E-state index is 12.2. The van der Waals surface area contributed by atoms with Crippen molar-refractivity contribution in [1.29, 1.82) is 0 Å². The number of aliphatic carboxylic acids is 1. The lowest BCUT2D eigenvalue weighted by atomic mass is 10.0. The van der Waals surface area contributed by atoms with E-state index in [1.54, 1.807) is 0 Å². The zero-order valence-electron chi connectivity index (χ0n) is 15.2. The number of nitrogens with zero attached hydrogens (tertiary/aromatic N) is 1. The van der Waals surface area contributed by atoms with E-state index in [1.165, 1.54) is 11.8 Å². The van der Waals surface area contributed by atoms with Gasteiger partial charge in [0.2, 0.25) is 5.91 Å². The molecule has 1 amide bonds. The highest BCUT2D eigenvalue weighted by Crippen LogP contribution is 2.09. The Bertz CT molecular complexity index is 608. The zero-order chi connectivity index (χ0) is 19.5. The Hall–Kier alpha value is -2.06. The molecule has 1 aromatic rings. The highest BCUT2D eigenvalue weighted by molar-refractivity contribution is 8.14. The molecule has 2 atom stereocenters. The molecule has 0 radical (unpaired) electrons. The first-order chi connectivity index (χ1) is 12.3. The number of thioether (sulfide) groups is 1. The lowest BCUT2D eigenvalue weighted by Gasteiger charge is -2.18. The fourth-order valence-corrected chi connectivity index (χ4v) is 2.89. The SMILES string of the molecule is CC(C)SC(N)=NCCC[C@H](N)C(=O)N[C@@H](Cc1ccccc1)C(=O)O. The number of hydrogen-bond donors (Lipinski definition) is 4. The molecule has 26 heavy (non-hydrogen) atoms. The van der Waals surface area contributed by atoms with E-state index in [0.29, 0.717) is 29.8 Å². The number of rotatable bonds is 10. The van der Waals surface area contributed by atoms with Gasteiger partial charge in [0.25, 0.3) is 0 Å². The number of carboxylic acids is 1. The first kappa shape index (κ1) is 22.0. The number of nitrogens with two attached hydrogens (primary N) is 2. The molecule has 0 saturated heterocycles. The Labute approximate surface area is 158 Å². The molecule has 0 unspecified atom stereocenters. The van der Waals surface area contributed by atoms with Crippen molar-refractivity contribution in [2.24, 2.45) is 16.5 Å². The van der Waals surface area contributed by atoms with Crippen LogP contribution in [0.25, 0.3) is 0 Å². The molecule has 1 rings (SSSR count). The van der Waals surface area contributed by atoms with Gasteiger partial charge in [-0.1, -0.05) is 55.9 Å². The van der Waals surface area contributed by atoms with Crippen molar-refractivity contribution in [2.75, 3.05) is 6.54 Å². The highest BCUT2D eigenvalue weighted by atomic mass is 32.2. The quantitative estimate of drug-likeness (QED) is 0.275. The lowest BCUT2D eigenvalue weighted by molar-refractivity contribution is -0.142. The van der Waals surface area contributed by atoms with E-state index in [1.807, 2.05) is 44.2 Å². The third-order valence-electron chi connectivity index (χ3n) is 3.53. The summed E-state index contributed by atoms with van der Waals surface area (Å²) in [5.41, 5.74) is 12.5. The zero-order valence-corrected chi connectivity index (χ0v) is 16.0. The van der Waals surface area contributed by atoms with Gasteiger partial charge in [-0.25, -0.2) is 4.79 Å². The van der Waals surface area contributed by atoms with Gasteiger partial charge in [-0.05, 0) is 18.4 Å². The predicted molar refractivity (Wildman–Crippen MR) is 106 cm³/mol. The van der Waals surface area contributed by atoms with Gasteiger partial charge in [0.05, 0.1) is 6.04 Å². The number of hydrogen-bond acceptors (Lipinski definition) is 5. The number of carbonyl (C=O) groups is 2. The third kappa shape index (κ3) is 8.87. The number of carbonyl (C=O) groups excluding carboxylic acids is 1. The van der Waals surface area contributed by atoms with Crippen LogP contribution in [0.2, 0.25) is 0 Å². The van der Waals surface area contributed by atoms with Gasteiger partial charge in [-0.3, -0.25) is 9.79 Å². The van der Waals surface area contributed by atoms with Crippen LogP contribution in [0.4, 0.5) is 0 Å². The number of aliphatic imine (C=N–C) groups is 1. The van der Waals surface area contributed by atoms with Crippen molar-refractivity contribution in [3.63, 3.8) is 0 Å². The van der Waals surface area contributed by atoms with Crippen molar-refractivity contribution < 1.29 is 14.7 Å². The standard InChI is InChI=1S/C18H28N4O3S/c1-12(2)26-18(20)21-10-6-9-14(19)16(23)22-15(17(24)25)11-13-7-4-3-5-8-13/h3-5,7-8,12,14-15H,6,9-11,19H2,1-2H3,(H2,20,21)(H,22,23)(H,24,25)/t14-,15-/m0/s1. The van der Waals surface area contributed by atoms with E-state index >= 15 is 0 Å². The molecule has 0 fully saturated rings. The first-order valence-electron chi connectivity index (χ1n) is 8.58. The second kappa shape index (κ2) is 11.5. The van der Waals surface area contributed by atoms with Gasteiger partial charge in [0, 0.05) is 18.2 Å². The highest BCUT2D eigenvalue weighted by Gasteiger charge is 2.23. The van der Waals surface area contributed by atoms with Gasteiger partial charge in [-0.2, -0.15) is 0 Å². The molecule has 0 aliphatic carbocycles. The second-order valence-corrected chi connectivity index (χ2v) is 7.82. The van der Waals surface area contributed by atoms with Crippen LogP contribution in [0.1, 0.15) is 32.3 Å². The molecule has 0 saturated carbocycles. The van der Waals surface area contributed by atoms with Crippen molar-refractivity contribution in [1.82, 2.24) is 5.32 Å². The van der Waals surface area contributed by atoms with E-state index < -0.39 is 24.0 Å². The smallest absolute Gasteiger partial charge is 0.326 e. The maximum Gasteiger partial charge on any atom is 0.326 e.